The molecule has 1 saturated carbocycles. The van der Waals surface area contributed by atoms with Crippen molar-refractivity contribution in [2.24, 2.45) is 5.92 Å². The second-order valence-corrected chi connectivity index (χ2v) is 5.21. The quantitative estimate of drug-likeness (QED) is 0.906. The van der Waals surface area contributed by atoms with Crippen molar-refractivity contribution < 1.29 is 18.6 Å². The summed E-state index contributed by atoms with van der Waals surface area (Å²) in [5.74, 6) is -0.933. The number of rotatable bonds is 4. The number of halogens is 2. The van der Waals surface area contributed by atoms with Gasteiger partial charge in [-0.25, -0.2) is 8.78 Å². The van der Waals surface area contributed by atoms with E-state index in [0.717, 1.165) is 43.9 Å². The van der Waals surface area contributed by atoms with Gasteiger partial charge in [0.25, 0.3) is 0 Å². The van der Waals surface area contributed by atoms with Crippen molar-refractivity contribution in [3.63, 3.8) is 0 Å². The number of hydrogen-bond acceptors (Lipinski definition) is 2. The molecule has 0 saturated heterocycles. The number of methoxy groups -OCH3 is 1. The molecule has 1 fully saturated rings. The summed E-state index contributed by atoms with van der Waals surface area (Å²) in [7, 11) is 1.51. The van der Waals surface area contributed by atoms with Crippen molar-refractivity contribution >= 4 is 0 Å². The zero-order valence-corrected chi connectivity index (χ0v) is 11.1. The van der Waals surface area contributed by atoms with E-state index in [1.54, 1.807) is 0 Å². The molecule has 0 bridgehead atoms. The molecule has 2 unspecified atom stereocenters. The third-order valence-electron chi connectivity index (χ3n) is 3.97. The summed E-state index contributed by atoms with van der Waals surface area (Å²) in [6, 6.07) is 3.14. The maximum Gasteiger partial charge on any atom is 0.129 e. The zero-order valence-electron chi connectivity index (χ0n) is 11.1. The highest BCUT2D eigenvalue weighted by molar-refractivity contribution is 5.22. The summed E-state index contributed by atoms with van der Waals surface area (Å²) in [5.41, 5.74) is -0.0163. The van der Waals surface area contributed by atoms with Crippen LogP contribution >= 0.6 is 0 Å². The summed E-state index contributed by atoms with van der Waals surface area (Å²) >= 11 is 0. The molecule has 1 aliphatic rings. The van der Waals surface area contributed by atoms with Crippen molar-refractivity contribution in [3.8, 4) is 0 Å². The molecule has 1 aromatic carbocycles. The second kappa shape index (κ2) is 6.44. The molecule has 2 atom stereocenters. The Kier molecular flexibility index (Phi) is 4.88. The van der Waals surface area contributed by atoms with Gasteiger partial charge in [-0.3, -0.25) is 0 Å². The van der Waals surface area contributed by atoms with Crippen LogP contribution in [-0.4, -0.2) is 18.3 Å². The molecule has 0 amide bonds. The van der Waals surface area contributed by atoms with Gasteiger partial charge >= 0.3 is 0 Å². The van der Waals surface area contributed by atoms with Gasteiger partial charge in [0, 0.05) is 12.7 Å². The van der Waals surface area contributed by atoms with Gasteiger partial charge < -0.3 is 9.84 Å². The smallest absolute Gasteiger partial charge is 0.129 e. The first-order valence-electron chi connectivity index (χ1n) is 6.79. The third-order valence-corrected chi connectivity index (χ3v) is 3.97. The molecule has 19 heavy (non-hydrogen) atoms. The largest absolute Gasteiger partial charge is 0.386 e. The number of hydrogen-bond donors (Lipinski definition) is 1. The van der Waals surface area contributed by atoms with Gasteiger partial charge in [0.2, 0.25) is 0 Å². The van der Waals surface area contributed by atoms with Gasteiger partial charge in [0.15, 0.2) is 0 Å². The van der Waals surface area contributed by atoms with Crippen molar-refractivity contribution in [2.75, 3.05) is 7.11 Å². The van der Waals surface area contributed by atoms with Gasteiger partial charge in [-0.15, -0.1) is 0 Å². The Hall–Kier alpha value is -1.00. The summed E-state index contributed by atoms with van der Waals surface area (Å²) in [4.78, 5) is 0. The Bertz CT molecular complexity index is 417. The van der Waals surface area contributed by atoms with E-state index >= 15 is 0 Å². The molecule has 2 rings (SSSR count). The van der Waals surface area contributed by atoms with Crippen LogP contribution in [0.4, 0.5) is 8.78 Å². The number of ether oxygens (including phenoxy) is 1. The van der Waals surface area contributed by atoms with E-state index in [-0.39, 0.29) is 11.5 Å². The Morgan fingerprint density at radius 1 is 1.21 bits per heavy atom. The van der Waals surface area contributed by atoms with E-state index in [0.29, 0.717) is 0 Å². The average molecular weight is 270 g/mol. The van der Waals surface area contributed by atoms with Crippen LogP contribution in [0.15, 0.2) is 18.2 Å². The average Bonchev–Trinajstić information content (AvgIpc) is 2.43. The maximum atomic E-state index is 13.7. The lowest BCUT2D eigenvalue weighted by Crippen LogP contribution is -2.31. The maximum absolute atomic E-state index is 13.7. The predicted octanol–water partition coefficient (Wildman–Crippen LogP) is 3.59. The van der Waals surface area contributed by atoms with Crippen LogP contribution in [0.1, 0.15) is 43.8 Å². The molecular weight excluding hydrogens is 250 g/mol. The van der Waals surface area contributed by atoms with Gasteiger partial charge in [0.1, 0.15) is 17.7 Å². The Morgan fingerprint density at radius 3 is 2.53 bits per heavy atom. The Balaban J connectivity index is 2.19. The van der Waals surface area contributed by atoms with Crippen LogP contribution in [-0.2, 0) is 4.74 Å². The first-order chi connectivity index (χ1) is 9.13. The van der Waals surface area contributed by atoms with E-state index in [1.807, 2.05) is 0 Å². The van der Waals surface area contributed by atoms with E-state index in [4.69, 9.17) is 4.74 Å². The Labute approximate surface area is 112 Å². The normalized spacial score (nSPS) is 20.2. The van der Waals surface area contributed by atoms with Crippen molar-refractivity contribution in [1.29, 1.82) is 0 Å². The van der Waals surface area contributed by atoms with Crippen molar-refractivity contribution in [3.05, 3.63) is 35.4 Å². The van der Waals surface area contributed by atoms with E-state index in [2.05, 4.69) is 0 Å². The van der Waals surface area contributed by atoms with E-state index in [1.165, 1.54) is 13.5 Å². The van der Waals surface area contributed by atoms with Gasteiger partial charge in [0.05, 0.1) is 6.10 Å². The number of aliphatic hydroxyl groups is 1. The van der Waals surface area contributed by atoms with Crippen LogP contribution in [0, 0.1) is 17.6 Å². The summed E-state index contributed by atoms with van der Waals surface area (Å²) in [5, 5.41) is 10.3. The SMILES string of the molecule is COC(C1CCCCC1)C(O)c1cc(F)ccc1F. The molecule has 0 aliphatic heterocycles. The van der Waals surface area contributed by atoms with Crippen LogP contribution < -0.4 is 0 Å². The minimum absolute atomic E-state index is 0.0163. The zero-order chi connectivity index (χ0) is 13.8. The van der Waals surface area contributed by atoms with Crippen molar-refractivity contribution in [1.82, 2.24) is 0 Å². The molecule has 0 spiro atoms. The minimum atomic E-state index is -1.12. The Morgan fingerprint density at radius 2 is 1.89 bits per heavy atom. The molecule has 0 aromatic heterocycles. The van der Waals surface area contributed by atoms with Crippen LogP contribution in [0.25, 0.3) is 0 Å². The first-order valence-corrected chi connectivity index (χ1v) is 6.79. The van der Waals surface area contributed by atoms with E-state index in [9.17, 15) is 13.9 Å². The third kappa shape index (κ3) is 3.31. The van der Waals surface area contributed by atoms with Gasteiger partial charge in [-0.2, -0.15) is 0 Å². The predicted molar refractivity (Wildman–Crippen MR) is 68.7 cm³/mol. The summed E-state index contributed by atoms with van der Waals surface area (Å²) in [6.07, 6.45) is 3.72. The monoisotopic (exact) mass is 270 g/mol. The fourth-order valence-electron chi connectivity index (χ4n) is 2.96. The van der Waals surface area contributed by atoms with Crippen LogP contribution in [0.2, 0.25) is 0 Å². The highest BCUT2D eigenvalue weighted by Gasteiger charge is 2.32. The molecule has 1 aliphatic carbocycles. The molecule has 1 aromatic rings. The van der Waals surface area contributed by atoms with Crippen molar-refractivity contribution in [2.45, 2.75) is 44.3 Å². The first kappa shape index (κ1) is 14.4. The topological polar surface area (TPSA) is 29.5 Å². The van der Waals surface area contributed by atoms with Crippen LogP contribution in [0.3, 0.4) is 0 Å². The van der Waals surface area contributed by atoms with E-state index < -0.39 is 23.8 Å². The molecule has 2 nitrogen and oxygen atoms in total. The summed E-state index contributed by atoms with van der Waals surface area (Å²) < 4.78 is 32.3. The number of benzene rings is 1. The molecule has 0 heterocycles. The number of aliphatic hydroxyl groups excluding tert-OH is 1. The fourth-order valence-corrected chi connectivity index (χ4v) is 2.96. The second-order valence-electron chi connectivity index (χ2n) is 5.21. The van der Waals surface area contributed by atoms with Gasteiger partial charge in [-0.1, -0.05) is 19.3 Å². The minimum Gasteiger partial charge on any atom is -0.386 e. The van der Waals surface area contributed by atoms with Crippen LogP contribution in [0.5, 0.6) is 0 Å². The van der Waals surface area contributed by atoms with Gasteiger partial charge in [-0.05, 0) is 37.0 Å². The molecule has 4 heteroatoms. The summed E-state index contributed by atoms with van der Waals surface area (Å²) in [6.45, 7) is 0. The standard InChI is InChI=1S/C15H20F2O2/c1-19-15(10-5-3-2-4-6-10)14(18)12-9-11(16)7-8-13(12)17/h7-10,14-15,18H,2-6H2,1H3. The molecule has 106 valence electrons. The lowest BCUT2D eigenvalue weighted by molar-refractivity contribution is -0.0572. The lowest BCUT2D eigenvalue weighted by atomic mass is 9.82. The highest BCUT2D eigenvalue weighted by atomic mass is 19.1. The fraction of sp³-hybridized carbons (Fsp3) is 0.600. The molecular formula is C15H20F2O2. The lowest BCUT2D eigenvalue weighted by Gasteiger charge is -2.32. The molecule has 1 N–H and O–H groups in total. The molecule has 0 radical (unpaired) electrons. The highest BCUT2D eigenvalue weighted by Crippen LogP contribution is 2.34.